The molecule has 0 aromatic heterocycles. The minimum atomic E-state index is -0.508. The maximum absolute atomic E-state index is 11.1. The Balaban J connectivity index is 2.00. The molecule has 0 radical (unpaired) electrons. The van der Waals surface area contributed by atoms with Gasteiger partial charge in [-0.2, -0.15) is 0 Å². The molecule has 1 heterocycles. The second-order valence-corrected chi connectivity index (χ2v) is 6.44. The fourth-order valence-corrected chi connectivity index (χ4v) is 3.69. The molecule has 0 bridgehead atoms. The first-order chi connectivity index (χ1) is 10.2. The molecule has 5 heteroatoms. The van der Waals surface area contributed by atoms with Crippen LogP contribution in [-0.4, -0.2) is 40.9 Å². The summed E-state index contributed by atoms with van der Waals surface area (Å²) in [6.45, 7) is 5.67. The molecule has 2 N–H and O–H groups in total. The molecule has 0 aliphatic carbocycles. The fourth-order valence-electron chi connectivity index (χ4n) is 2.45. The Bertz CT molecular complexity index is 497. The van der Waals surface area contributed by atoms with E-state index < -0.39 is 5.91 Å². The van der Waals surface area contributed by atoms with E-state index in [1.807, 2.05) is 30.0 Å². The third kappa shape index (κ3) is 4.88. The van der Waals surface area contributed by atoms with Crippen molar-refractivity contribution in [3.05, 3.63) is 35.9 Å². The number of hydrogen-bond donors (Lipinski definition) is 2. The van der Waals surface area contributed by atoms with E-state index in [0.717, 1.165) is 12.1 Å². The van der Waals surface area contributed by atoms with Crippen molar-refractivity contribution in [1.29, 1.82) is 0 Å². The topological polar surface area (TPSA) is 52.6 Å². The van der Waals surface area contributed by atoms with E-state index in [0.29, 0.717) is 5.25 Å². The van der Waals surface area contributed by atoms with Gasteiger partial charge in [0.05, 0.1) is 0 Å². The SMILES string of the molecule is CCN1CCC(Sc2ccccc2/C=C/C(=O)NO)CC1. The summed E-state index contributed by atoms with van der Waals surface area (Å²) in [6, 6.07) is 8.06. The normalized spacial score (nSPS) is 17.2. The molecule has 0 atom stereocenters. The van der Waals surface area contributed by atoms with Gasteiger partial charge < -0.3 is 4.90 Å². The first-order valence-corrected chi connectivity index (χ1v) is 8.21. The van der Waals surface area contributed by atoms with Crippen molar-refractivity contribution in [1.82, 2.24) is 10.4 Å². The number of piperidine rings is 1. The molecular formula is C16H22N2O2S. The van der Waals surface area contributed by atoms with E-state index in [2.05, 4.69) is 17.9 Å². The molecule has 1 aromatic carbocycles. The van der Waals surface area contributed by atoms with E-state index in [1.165, 1.54) is 36.9 Å². The monoisotopic (exact) mass is 306 g/mol. The highest BCUT2D eigenvalue weighted by molar-refractivity contribution is 8.00. The van der Waals surface area contributed by atoms with Crippen LogP contribution in [0.25, 0.3) is 6.08 Å². The number of benzene rings is 1. The molecule has 4 nitrogen and oxygen atoms in total. The molecule has 2 rings (SSSR count). The number of likely N-dealkylation sites (tertiary alicyclic amines) is 1. The van der Waals surface area contributed by atoms with Gasteiger partial charge in [0.1, 0.15) is 0 Å². The summed E-state index contributed by atoms with van der Waals surface area (Å²) in [6.07, 6.45) is 5.50. The van der Waals surface area contributed by atoms with Gasteiger partial charge in [0, 0.05) is 16.2 Å². The number of hydroxylamine groups is 1. The van der Waals surface area contributed by atoms with E-state index >= 15 is 0 Å². The van der Waals surface area contributed by atoms with Crippen LogP contribution in [0, 0.1) is 0 Å². The highest BCUT2D eigenvalue weighted by Crippen LogP contribution is 2.33. The van der Waals surface area contributed by atoms with Crippen molar-refractivity contribution < 1.29 is 10.0 Å². The molecule has 1 aliphatic heterocycles. The summed E-state index contributed by atoms with van der Waals surface area (Å²) in [7, 11) is 0. The van der Waals surface area contributed by atoms with Gasteiger partial charge in [-0.05, 0) is 50.2 Å². The minimum Gasteiger partial charge on any atom is -0.304 e. The predicted molar refractivity (Wildman–Crippen MR) is 86.4 cm³/mol. The Morgan fingerprint density at radius 2 is 2.14 bits per heavy atom. The lowest BCUT2D eigenvalue weighted by Gasteiger charge is -2.30. The summed E-state index contributed by atoms with van der Waals surface area (Å²) in [5.74, 6) is -0.508. The number of rotatable bonds is 5. The van der Waals surface area contributed by atoms with Gasteiger partial charge >= 0.3 is 0 Å². The van der Waals surface area contributed by atoms with Crippen LogP contribution >= 0.6 is 11.8 Å². The second-order valence-electron chi connectivity index (χ2n) is 5.10. The van der Waals surface area contributed by atoms with Crippen molar-refractivity contribution in [2.45, 2.75) is 29.9 Å². The number of carbonyl (C=O) groups is 1. The van der Waals surface area contributed by atoms with E-state index in [9.17, 15) is 4.79 Å². The quantitative estimate of drug-likeness (QED) is 0.499. The summed E-state index contributed by atoms with van der Waals surface area (Å²) in [5.41, 5.74) is 2.63. The summed E-state index contributed by atoms with van der Waals surface area (Å²) < 4.78 is 0. The molecule has 1 amide bonds. The first kappa shape index (κ1) is 16.1. The molecule has 0 unspecified atom stereocenters. The molecule has 21 heavy (non-hydrogen) atoms. The maximum Gasteiger partial charge on any atom is 0.267 e. The lowest BCUT2D eigenvalue weighted by Crippen LogP contribution is -2.34. The van der Waals surface area contributed by atoms with E-state index in [-0.39, 0.29) is 0 Å². The van der Waals surface area contributed by atoms with Crippen molar-refractivity contribution >= 4 is 23.7 Å². The zero-order chi connectivity index (χ0) is 15.1. The maximum atomic E-state index is 11.1. The Morgan fingerprint density at radius 1 is 1.43 bits per heavy atom. The average molecular weight is 306 g/mol. The first-order valence-electron chi connectivity index (χ1n) is 7.33. The summed E-state index contributed by atoms with van der Waals surface area (Å²) >= 11 is 1.89. The van der Waals surface area contributed by atoms with Crippen LogP contribution in [0.1, 0.15) is 25.3 Å². The molecule has 0 spiro atoms. The van der Waals surface area contributed by atoms with Crippen molar-refractivity contribution in [3.63, 3.8) is 0 Å². The average Bonchev–Trinajstić information content (AvgIpc) is 2.54. The van der Waals surface area contributed by atoms with Gasteiger partial charge in [0.2, 0.25) is 0 Å². The van der Waals surface area contributed by atoms with Crippen molar-refractivity contribution in [2.75, 3.05) is 19.6 Å². The summed E-state index contributed by atoms with van der Waals surface area (Å²) in [4.78, 5) is 14.8. The van der Waals surface area contributed by atoms with Crippen LogP contribution < -0.4 is 5.48 Å². The largest absolute Gasteiger partial charge is 0.304 e. The van der Waals surface area contributed by atoms with Gasteiger partial charge in [-0.1, -0.05) is 25.1 Å². The molecule has 1 saturated heterocycles. The van der Waals surface area contributed by atoms with Crippen LogP contribution in [0.2, 0.25) is 0 Å². The lowest BCUT2D eigenvalue weighted by atomic mass is 10.1. The Hall–Kier alpha value is -1.30. The van der Waals surface area contributed by atoms with Crippen LogP contribution in [0.5, 0.6) is 0 Å². The third-order valence-corrected chi connectivity index (χ3v) is 5.15. The second kappa shape index (κ2) is 8.22. The minimum absolute atomic E-state index is 0.508. The Kier molecular flexibility index (Phi) is 6.29. The van der Waals surface area contributed by atoms with Crippen LogP contribution in [0.4, 0.5) is 0 Å². The highest BCUT2D eigenvalue weighted by Gasteiger charge is 2.19. The van der Waals surface area contributed by atoms with Gasteiger partial charge in [-0.3, -0.25) is 10.0 Å². The van der Waals surface area contributed by atoms with Gasteiger partial charge in [0.25, 0.3) is 5.91 Å². The Morgan fingerprint density at radius 3 is 2.81 bits per heavy atom. The van der Waals surface area contributed by atoms with Gasteiger partial charge in [-0.25, -0.2) is 5.48 Å². The smallest absolute Gasteiger partial charge is 0.267 e. The third-order valence-electron chi connectivity index (χ3n) is 3.72. The summed E-state index contributed by atoms with van der Waals surface area (Å²) in [5, 5.41) is 9.16. The van der Waals surface area contributed by atoms with E-state index in [4.69, 9.17) is 5.21 Å². The fraction of sp³-hybridized carbons (Fsp3) is 0.438. The van der Waals surface area contributed by atoms with Gasteiger partial charge in [-0.15, -0.1) is 11.8 Å². The van der Waals surface area contributed by atoms with Gasteiger partial charge in [0.15, 0.2) is 0 Å². The van der Waals surface area contributed by atoms with Crippen LogP contribution in [-0.2, 0) is 4.79 Å². The zero-order valence-electron chi connectivity index (χ0n) is 12.3. The van der Waals surface area contributed by atoms with Crippen LogP contribution in [0.3, 0.4) is 0 Å². The molecule has 1 fully saturated rings. The number of carbonyl (C=O) groups excluding carboxylic acids is 1. The predicted octanol–water partition coefficient (Wildman–Crippen LogP) is 2.78. The molecule has 1 aliphatic rings. The van der Waals surface area contributed by atoms with Crippen molar-refractivity contribution in [3.8, 4) is 0 Å². The molecule has 1 aromatic rings. The number of nitrogens with one attached hydrogen (secondary N) is 1. The lowest BCUT2D eigenvalue weighted by molar-refractivity contribution is -0.124. The van der Waals surface area contributed by atoms with Crippen molar-refractivity contribution in [2.24, 2.45) is 0 Å². The van der Waals surface area contributed by atoms with E-state index in [1.54, 1.807) is 11.6 Å². The number of thioether (sulfide) groups is 1. The Labute approximate surface area is 130 Å². The standard InChI is InChI=1S/C16H22N2O2S/c1-2-18-11-9-14(10-12-18)21-15-6-4-3-5-13(15)7-8-16(19)17-20/h3-8,14,20H,2,9-12H2,1H3,(H,17,19)/b8-7+. The number of hydrogen-bond acceptors (Lipinski definition) is 4. The zero-order valence-corrected chi connectivity index (χ0v) is 13.1. The molecule has 0 saturated carbocycles. The van der Waals surface area contributed by atoms with Crippen LogP contribution in [0.15, 0.2) is 35.2 Å². The number of amides is 1. The molecule has 114 valence electrons. The molecular weight excluding hydrogens is 284 g/mol. The number of nitrogens with zero attached hydrogens (tertiary/aromatic N) is 1. The highest BCUT2D eigenvalue weighted by atomic mass is 32.2.